The van der Waals surface area contributed by atoms with Crippen LogP contribution in [0.3, 0.4) is 0 Å². The topological polar surface area (TPSA) is 55.8 Å². The second kappa shape index (κ2) is 5.24. The van der Waals surface area contributed by atoms with Crippen molar-refractivity contribution in [2.75, 3.05) is 14.2 Å². The van der Waals surface area contributed by atoms with Gasteiger partial charge in [-0.3, -0.25) is 0 Å². The van der Waals surface area contributed by atoms with E-state index in [4.69, 9.17) is 14.6 Å². The quantitative estimate of drug-likeness (QED) is 0.717. The zero-order chi connectivity index (χ0) is 11.3. The smallest absolute Gasteiger partial charge is 0.327 e. The van der Waals surface area contributed by atoms with Gasteiger partial charge in [-0.05, 0) is 6.08 Å². The first kappa shape index (κ1) is 11.4. The van der Waals surface area contributed by atoms with E-state index in [0.717, 1.165) is 11.8 Å². The number of ether oxygens (including phenoxy) is 2. The van der Waals surface area contributed by atoms with E-state index in [1.54, 1.807) is 26.4 Å². The third-order valence-electron chi connectivity index (χ3n) is 2.14. The van der Waals surface area contributed by atoms with Gasteiger partial charge in [-0.1, -0.05) is 12.2 Å². The highest BCUT2D eigenvalue weighted by Crippen LogP contribution is 2.25. The molecule has 0 fully saturated rings. The van der Waals surface area contributed by atoms with Crippen LogP contribution in [0.4, 0.5) is 0 Å². The Balaban J connectivity index is 2.69. The lowest BCUT2D eigenvalue weighted by Gasteiger charge is -2.18. The largest absolute Gasteiger partial charge is 0.497 e. The van der Waals surface area contributed by atoms with E-state index in [1.165, 1.54) is 0 Å². The average Bonchev–Trinajstić information content (AvgIpc) is 2.25. The van der Waals surface area contributed by atoms with Gasteiger partial charge in [0.25, 0.3) is 0 Å². The van der Waals surface area contributed by atoms with Crippen LogP contribution in [0.5, 0.6) is 0 Å². The molecule has 82 valence electrons. The van der Waals surface area contributed by atoms with Crippen LogP contribution in [0.1, 0.15) is 6.42 Å². The van der Waals surface area contributed by atoms with E-state index in [-0.39, 0.29) is 5.92 Å². The molecule has 0 aromatic carbocycles. The summed E-state index contributed by atoms with van der Waals surface area (Å²) in [5.41, 5.74) is 0. The Morgan fingerprint density at radius 2 is 2.27 bits per heavy atom. The maximum Gasteiger partial charge on any atom is 0.327 e. The summed E-state index contributed by atoms with van der Waals surface area (Å²) in [6.45, 7) is 0. The van der Waals surface area contributed by atoms with Crippen molar-refractivity contribution in [1.82, 2.24) is 0 Å². The van der Waals surface area contributed by atoms with Gasteiger partial charge in [0.05, 0.1) is 14.2 Å². The molecule has 1 aliphatic carbocycles. The number of hydrogen-bond donors (Lipinski definition) is 1. The standard InChI is InChI=1S/C11H14O4/c1-14-9-5-3-8(4-6-11(12)13)7-10(9)15-2/h3-6,8H,7H2,1-2H3,(H,12,13). The molecule has 0 heterocycles. The van der Waals surface area contributed by atoms with Crippen molar-refractivity contribution < 1.29 is 19.4 Å². The Kier molecular flexibility index (Phi) is 3.97. The van der Waals surface area contributed by atoms with Crippen molar-refractivity contribution in [2.24, 2.45) is 5.92 Å². The van der Waals surface area contributed by atoms with Gasteiger partial charge in [-0.15, -0.1) is 0 Å². The van der Waals surface area contributed by atoms with Gasteiger partial charge in [0.15, 0.2) is 5.76 Å². The predicted molar refractivity (Wildman–Crippen MR) is 55.1 cm³/mol. The van der Waals surface area contributed by atoms with Crippen molar-refractivity contribution >= 4 is 5.97 Å². The van der Waals surface area contributed by atoms with E-state index in [1.807, 2.05) is 6.08 Å². The van der Waals surface area contributed by atoms with E-state index < -0.39 is 5.97 Å². The van der Waals surface area contributed by atoms with Crippen molar-refractivity contribution in [3.05, 3.63) is 35.8 Å². The summed E-state index contributed by atoms with van der Waals surface area (Å²) >= 11 is 0. The Labute approximate surface area is 88.5 Å². The minimum absolute atomic E-state index is 0.0509. The molecular weight excluding hydrogens is 196 g/mol. The molecule has 15 heavy (non-hydrogen) atoms. The van der Waals surface area contributed by atoms with Crippen LogP contribution in [-0.4, -0.2) is 25.3 Å². The Bertz CT molecular complexity index is 325. The van der Waals surface area contributed by atoms with E-state index in [2.05, 4.69) is 0 Å². The minimum Gasteiger partial charge on any atom is -0.497 e. The number of allylic oxidation sites excluding steroid dienone is 4. The zero-order valence-corrected chi connectivity index (χ0v) is 8.77. The molecule has 0 aliphatic heterocycles. The van der Waals surface area contributed by atoms with Crippen LogP contribution in [-0.2, 0) is 14.3 Å². The Hall–Kier alpha value is -1.71. The van der Waals surface area contributed by atoms with Crippen LogP contribution in [0.2, 0.25) is 0 Å². The normalized spacial score (nSPS) is 20.8. The molecule has 0 radical (unpaired) electrons. The number of carbonyl (C=O) groups is 1. The summed E-state index contributed by atoms with van der Waals surface area (Å²) in [6.07, 6.45) is 7.07. The van der Waals surface area contributed by atoms with Gasteiger partial charge in [-0.25, -0.2) is 4.79 Å². The molecule has 0 aromatic rings. The van der Waals surface area contributed by atoms with Crippen LogP contribution in [0.25, 0.3) is 0 Å². The maximum absolute atomic E-state index is 10.3. The summed E-state index contributed by atoms with van der Waals surface area (Å²) < 4.78 is 10.2. The van der Waals surface area contributed by atoms with Crippen LogP contribution in [0, 0.1) is 5.92 Å². The van der Waals surface area contributed by atoms with Gasteiger partial charge in [0, 0.05) is 18.4 Å². The van der Waals surface area contributed by atoms with Crippen LogP contribution in [0.15, 0.2) is 35.8 Å². The first-order valence-electron chi connectivity index (χ1n) is 4.57. The lowest BCUT2D eigenvalue weighted by Crippen LogP contribution is -2.06. The molecular formula is C11H14O4. The first-order chi connectivity index (χ1) is 7.17. The maximum atomic E-state index is 10.3. The van der Waals surface area contributed by atoms with E-state index in [9.17, 15) is 4.79 Å². The molecule has 4 nitrogen and oxygen atoms in total. The van der Waals surface area contributed by atoms with Crippen molar-refractivity contribution in [2.45, 2.75) is 6.42 Å². The Morgan fingerprint density at radius 1 is 1.53 bits per heavy atom. The SMILES string of the molecule is COC1=C(OC)CC(C=CC(=O)O)C=C1. The van der Waals surface area contributed by atoms with Crippen LogP contribution >= 0.6 is 0 Å². The molecule has 1 unspecified atom stereocenters. The lowest BCUT2D eigenvalue weighted by atomic mass is 9.98. The number of hydrogen-bond acceptors (Lipinski definition) is 3. The third-order valence-corrected chi connectivity index (χ3v) is 2.14. The molecule has 0 aromatic heterocycles. The number of carboxylic acids is 1. The number of rotatable bonds is 4. The minimum atomic E-state index is -0.941. The highest BCUT2D eigenvalue weighted by Gasteiger charge is 2.15. The van der Waals surface area contributed by atoms with Crippen molar-refractivity contribution in [3.8, 4) is 0 Å². The molecule has 1 aliphatic rings. The van der Waals surface area contributed by atoms with Gasteiger partial charge >= 0.3 is 5.97 Å². The summed E-state index contributed by atoms with van der Waals surface area (Å²) in [5, 5.41) is 8.49. The molecule has 0 saturated heterocycles. The van der Waals surface area contributed by atoms with Gasteiger partial charge in [0.1, 0.15) is 5.76 Å². The number of aliphatic carboxylic acids is 1. The second-order valence-electron chi connectivity index (χ2n) is 3.12. The molecule has 1 N–H and O–H groups in total. The molecule has 4 heteroatoms. The van der Waals surface area contributed by atoms with Gasteiger partial charge < -0.3 is 14.6 Å². The van der Waals surface area contributed by atoms with E-state index in [0.29, 0.717) is 12.2 Å². The zero-order valence-electron chi connectivity index (χ0n) is 8.77. The molecule has 0 saturated carbocycles. The van der Waals surface area contributed by atoms with Crippen molar-refractivity contribution in [1.29, 1.82) is 0 Å². The second-order valence-corrected chi connectivity index (χ2v) is 3.12. The van der Waals surface area contributed by atoms with Crippen molar-refractivity contribution in [3.63, 3.8) is 0 Å². The highest BCUT2D eigenvalue weighted by atomic mass is 16.5. The first-order valence-corrected chi connectivity index (χ1v) is 4.57. The van der Waals surface area contributed by atoms with Gasteiger partial charge in [-0.2, -0.15) is 0 Å². The monoisotopic (exact) mass is 210 g/mol. The number of carboxylic acid groups (broad SMARTS) is 1. The fourth-order valence-electron chi connectivity index (χ4n) is 1.39. The number of methoxy groups -OCH3 is 2. The summed E-state index contributed by atoms with van der Waals surface area (Å²) in [7, 11) is 3.15. The van der Waals surface area contributed by atoms with Crippen LogP contribution < -0.4 is 0 Å². The summed E-state index contributed by atoms with van der Waals surface area (Å²) in [4.78, 5) is 10.3. The lowest BCUT2D eigenvalue weighted by molar-refractivity contribution is -0.131. The molecule has 0 amide bonds. The summed E-state index contributed by atoms with van der Waals surface area (Å²) in [5.74, 6) is 0.538. The summed E-state index contributed by atoms with van der Waals surface area (Å²) in [6, 6.07) is 0. The average molecular weight is 210 g/mol. The molecule has 1 rings (SSSR count). The highest BCUT2D eigenvalue weighted by molar-refractivity contribution is 5.79. The Morgan fingerprint density at radius 3 is 2.80 bits per heavy atom. The molecule has 1 atom stereocenters. The predicted octanol–water partition coefficient (Wildman–Crippen LogP) is 1.71. The van der Waals surface area contributed by atoms with Gasteiger partial charge in [0.2, 0.25) is 0 Å². The fourth-order valence-corrected chi connectivity index (χ4v) is 1.39. The molecule has 0 spiro atoms. The third kappa shape index (κ3) is 3.16. The van der Waals surface area contributed by atoms with E-state index >= 15 is 0 Å². The molecule has 0 bridgehead atoms. The fraction of sp³-hybridized carbons (Fsp3) is 0.364.